The zero-order chi connectivity index (χ0) is 14.4. The van der Waals surface area contributed by atoms with E-state index in [1.807, 2.05) is 16.7 Å². The summed E-state index contributed by atoms with van der Waals surface area (Å²) in [5, 5.41) is 0.542. The van der Waals surface area contributed by atoms with Crippen LogP contribution in [0.3, 0.4) is 0 Å². The molecular formula is C15H19N3OS. The quantitative estimate of drug-likeness (QED) is 0.835. The largest absolute Gasteiger partial charge is 0.337 e. The number of thioether (sulfide) groups is 1. The van der Waals surface area contributed by atoms with Crippen molar-refractivity contribution in [2.24, 2.45) is 5.73 Å². The van der Waals surface area contributed by atoms with Gasteiger partial charge in [0, 0.05) is 42.0 Å². The van der Waals surface area contributed by atoms with Crippen LogP contribution in [0.25, 0.3) is 0 Å². The van der Waals surface area contributed by atoms with E-state index in [9.17, 15) is 4.79 Å². The van der Waals surface area contributed by atoms with Crippen molar-refractivity contribution in [3.05, 3.63) is 29.6 Å². The summed E-state index contributed by atoms with van der Waals surface area (Å²) in [6.45, 7) is 4.09. The second-order valence-electron chi connectivity index (χ2n) is 4.62. The van der Waals surface area contributed by atoms with Gasteiger partial charge in [-0.1, -0.05) is 18.8 Å². The molecule has 1 aliphatic heterocycles. The van der Waals surface area contributed by atoms with E-state index in [1.54, 1.807) is 18.5 Å². The number of aromatic nitrogens is 1. The van der Waals surface area contributed by atoms with Crippen LogP contribution in [0.15, 0.2) is 18.5 Å². The summed E-state index contributed by atoms with van der Waals surface area (Å²) in [5.41, 5.74) is 6.69. The van der Waals surface area contributed by atoms with Crippen LogP contribution in [-0.2, 0) is 0 Å². The Hall–Kier alpha value is -1.51. The second-order valence-corrected chi connectivity index (χ2v) is 6.03. The Morgan fingerprint density at radius 3 is 3.20 bits per heavy atom. The average Bonchev–Trinajstić information content (AvgIpc) is 2.52. The van der Waals surface area contributed by atoms with Gasteiger partial charge in [-0.2, -0.15) is 11.8 Å². The maximum atomic E-state index is 12.5. The highest BCUT2D eigenvalue weighted by molar-refractivity contribution is 8.00. The smallest absolute Gasteiger partial charge is 0.255 e. The lowest BCUT2D eigenvalue weighted by molar-refractivity contribution is 0.0760. The molecule has 1 fully saturated rings. The fourth-order valence-electron chi connectivity index (χ4n) is 2.11. The normalized spacial score (nSPS) is 18.3. The predicted octanol–water partition coefficient (Wildman–Crippen LogP) is 1.36. The highest BCUT2D eigenvalue weighted by Crippen LogP contribution is 2.22. The zero-order valence-corrected chi connectivity index (χ0v) is 12.4. The molecule has 106 valence electrons. The summed E-state index contributed by atoms with van der Waals surface area (Å²) in [4.78, 5) is 18.5. The molecule has 1 amide bonds. The van der Waals surface area contributed by atoms with Crippen LogP contribution in [0, 0.1) is 11.8 Å². The molecule has 4 nitrogen and oxygen atoms in total. The van der Waals surface area contributed by atoms with Gasteiger partial charge in [0.1, 0.15) is 0 Å². The number of amides is 1. The van der Waals surface area contributed by atoms with E-state index in [0.717, 1.165) is 30.8 Å². The van der Waals surface area contributed by atoms with E-state index in [0.29, 0.717) is 17.4 Å². The summed E-state index contributed by atoms with van der Waals surface area (Å²) in [6, 6.07) is 1.79. The van der Waals surface area contributed by atoms with E-state index >= 15 is 0 Å². The summed E-state index contributed by atoms with van der Waals surface area (Å²) in [7, 11) is 0. The van der Waals surface area contributed by atoms with E-state index in [-0.39, 0.29) is 5.91 Å². The van der Waals surface area contributed by atoms with Crippen LogP contribution >= 0.6 is 11.8 Å². The van der Waals surface area contributed by atoms with Gasteiger partial charge in [0.05, 0.1) is 12.1 Å². The molecule has 0 spiro atoms. The molecule has 0 aliphatic carbocycles. The van der Waals surface area contributed by atoms with E-state index in [1.165, 1.54) is 0 Å². The molecule has 0 radical (unpaired) electrons. The Labute approximate surface area is 124 Å². The Bertz CT molecular complexity index is 535. The van der Waals surface area contributed by atoms with Crippen molar-refractivity contribution in [1.82, 2.24) is 9.88 Å². The Kier molecular flexibility index (Phi) is 5.45. The van der Waals surface area contributed by atoms with Gasteiger partial charge in [-0.3, -0.25) is 9.78 Å². The molecule has 2 N–H and O–H groups in total. The van der Waals surface area contributed by atoms with Crippen molar-refractivity contribution < 1.29 is 4.79 Å². The van der Waals surface area contributed by atoms with Crippen molar-refractivity contribution in [3.8, 4) is 11.8 Å². The fourth-order valence-corrected chi connectivity index (χ4v) is 3.29. The maximum absolute atomic E-state index is 12.5. The van der Waals surface area contributed by atoms with Gasteiger partial charge in [0.15, 0.2) is 0 Å². The standard InChI is InChI=1S/C15H19N3OS/c1-2-14-11-18(6-7-20-14)15(19)13-8-12(4-3-5-16)9-17-10-13/h8-10,14H,2,5-7,11,16H2,1H3. The summed E-state index contributed by atoms with van der Waals surface area (Å²) >= 11 is 1.95. The molecular weight excluding hydrogens is 270 g/mol. The third-order valence-corrected chi connectivity index (χ3v) is 4.57. The number of hydrogen-bond donors (Lipinski definition) is 1. The van der Waals surface area contributed by atoms with Gasteiger partial charge in [0.25, 0.3) is 5.91 Å². The first-order chi connectivity index (χ1) is 9.74. The molecule has 0 aromatic carbocycles. The Morgan fingerprint density at radius 1 is 1.60 bits per heavy atom. The number of carbonyl (C=O) groups excluding carboxylic acids is 1. The van der Waals surface area contributed by atoms with Crippen molar-refractivity contribution in [2.75, 3.05) is 25.4 Å². The molecule has 5 heteroatoms. The van der Waals surface area contributed by atoms with Gasteiger partial charge in [0.2, 0.25) is 0 Å². The topological polar surface area (TPSA) is 59.2 Å². The average molecular weight is 289 g/mol. The summed E-state index contributed by atoms with van der Waals surface area (Å²) in [6.07, 6.45) is 4.35. The number of rotatable bonds is 2. The number of nitrogens with zero attached hydrogens (tertiary/aromatic N) is 2. The highest BCUT2D eigenvalue weighted by Gasteiger charge is 2.24. The minimum absolute atomic E-state index is 0.0487. The summed E-state index contributed by atoms with van der Waals surface area (Å²) in [5.74, 6) is 6.74. The third-order valence-electron chi connectivity index (χ3n) is 3.20. The van der Waals surface area contributed by atoms with Crippen LogP contribution in [-0.4, -0.2) is 46.4 Å². The van der Waals surface area contributed by atoms with Gasteiger partial charge in [-0.05, 0) is 12.5 Å². The molecule has 1 aromatic heterocycles. The number of hydrogen-bond acceptors (Lipinski definition) is 4. The van der Waals surface area contributed by atoms with Gasteiger partial charge in [-0.15, -0.1) is 0 Å². The molecule has 2 heterocycles. The lowest BCUT2D eigenvalue weighted by Gasteiger charge is -2.31. The first-order valence-corrected chi connectivity index (χ1v) is 7.84. The van der Waals surface area contributed by atoms with E-state index in [4.69, 9.17) is 5.73 Å². The van der Waals surface area contributed by atoms with E-state index < -0.39 is 0 Å². The molecule has 1 atom stereocenters. The lowest BCUT2D eigenvalue weighted by atomic mass is 10.1. The van der Waals surface area contributed by atoms with Gasteiger partial charge >= 0.3 is 0 Å². The zero-order valence-electron chi connectivity index (χ0n) is 11.6. The van der Waals surface area contributed by atoms with Crippen molar-refractivity contribution in [2.45, 2.75) is 18.6 Å². The Morgan fingerprint density at radius 2 is 2.45 bits per heavy atom. The summed E-state index contributed by atoms with van der Waals surface area (Å²) < 4.78 is 0. The van der Waals surface area contributed by atoms with Crippen LogP contribution < -0.4 is 5.73 Å². The van der Waals surface area contributed by atoms with Crippen LogP contribution in [0.5, 0.6) is 0 Å². The molecule has 20 heavy (non-hydrogen) atoms. The van der Waals surface area contributed by atoms with E-state index in [2.05, 4.69) is 23.7 Å². The molecule has 1 saturated heterocycles. The SMILES string of the molecule is CCC1CN(C(=O)c2cncc(C#CCN)c2)CCS1. The highest BCUT2D eigenvalue weighted by atomic mass is 32.2. The fraction of sp³-hybridized carbons (Fsp3) is 0.467. The van der Waals surface area contributed by atoms with Crippen LogP contribution in [0.1, 0.15) is 29.3 Å². The van der Waals surface area contributed by atoms with Crippen LogP contribution in [0.2, 0.25) is 0 Å². The molecule has 0 saturated carbocycles. The third kappa shape index (κ3) is 3.75. The number of nitrogens with two attached hydrogens (primary N) is 1. The molecule has 0 bridgehead atoms. The van der Waals surface area contributed by atoms with Crippen LogP contribution in [0.4, 0.5) is 0 Å². The molecule has 1 aliphatic rings. The molecule has 1 aromatic rings. The predicted molar refractivity (Wildman–Crippen MR) is 82.6 cm³/mol. The first kappa shape index (κ1) is 14.9. The minimum Gasteiger partial charge on any atom is -0.337 e. The molecule has 2 rings (SSSR count). The number of carbonyl (C=O) groups is 1. The van der Waals surface area contributed by atoms with Crippen molar-refractivity contribution in [1.29, 1.82) is 0 Å². The second kappa shape index (κ2) is 7.32. The monoisotopic (exact) mass is 289 g/mol. The minimum atomic E-state index is 0.0487. The van der Waals surface area contributed by atoms with Gasteiger partial charge < -0.3 is 10.6 Å². The van der Waals surface area contributed by atoms with Gasteiger partial charge in [-0.25, -0.2) is 0 Å². The lowest BCUT2D eigenvalue weighted by Crippen LogP contribution is -2.41. The molecule has 1 unspecified atom stereocenters. The van der Waals surface area contributed by atoms with Crippen molar-refractivity contribution in [3.63, 3.8) is 0 Å². The first-order valence-electron chi connectivity index (χ1n) is 6.79. The van der Waals surface area contributed by atoms with Crippen molar-refractivity contribution >= 4 is 17.7 Å². The Balaban J connectivity index is 2.12. The number of pyridine rings is 1. The maximum Gasteiger partial charge on any atom is 0.255 e.